The lowest BCUT2D eigenvalue weighted by Crippen LogP contribution is -2.17. The molecule has 2 aromatic carbocycles. The maximum absolute atomic E-state index is 12.9. The third-order valence-electron chi connectivity index (χ3n) is 4.76. The van der Waals surface area contributed by atoms with Crippen molar-refractivity contribution in [2.24, 2.45) is 0 Å². The van der Waals surface area contributed by atoms with E-state index in [0.29, 0.717) is 11.4 Å². The lowest BCUT2D eigenvalue weighted by atomic mass is 10.1. The Bertz CT molecular complexity index is 1290. The summed E-state index contributed by atoms with van der Waals surface area (Å²) in [5.41, 5.74) is 3.14. The van der Waals surface area contributed by atoms with Crippen molar-refractivity contribution >= 4 is 34.1 Å². The van der Waals surface area contributed by atoms with Crippen LogP contribution >= 0.6 is 11.6 Å². The van der Waals surface area contributed by atoms with Gasteiger partial charge in [0.1, 0.15) is 16.7 Å². The summed E-state index contributed by atoms with van der Waals surface area (Å²) < 4.78 is 1.65. The van der Waals surface area contributed by atoms with Crippen LogP contribution in [-0.4, -0.2) is 20.7 Å². The third-order valence-corrected chi connectivity index (χ3v) is 5.05. The molecule has 0 fully saturated rings. The highest BCUT2D eigenvalue weighted by Crippen LogP contribution is 2.26. The van der Waals surface area contributed by atoms with E-state index in [1.165, 1.54) is 0 Å². The molecule has 0 saturated carbocycles. The van der Waals surface area contributed by atoms with Crippen molar-refractivity contribution in [1.82, 2.24) is 14.8 Å². The van der Waals surface area contributed by atoms with Gasteiger partial charge in [-0.2, -0.15) is 10.4 Å². The third kappa shape index (κ3) is 3.44. The molecule has 0 unspecified atom stereocenters. The Morgan fingerprint density at radius 2 is 1.86 bits per heavy atom. The number of carbonyl (C=O) groups is 1. The van der Waals surface area contributed by atoms with E-state index < -0.39 is 0 Å². The normalized spacial score (nSPS) is 10.7. The number of fused-ring (bicyclic) bond motifs is 1. The minimum Gasteiger partial charge on any atom is -0.305 e. The molecule has 4 rings (SSSR count). The van der Waals surface area contributed by atoms with Crippen molar-refractivity contribution in [3.8, 4) is 11.8 Å². The van der Waals surface area contributed by atoms with Gasteiger partial charge in [0.25, 0.3) is 5.91 Å². The summed E-state index contributed by atoms with van der Waals surface area (Å²) >= 11 is 6.27. The highest BCUT2D eigenvalue weighted by Gasteiger charge is 2.18. The predicted octanol–water partition coefficient (Wildman–Crippen LogP) is 4.81. The van der Waals surface area contributed by atoms with Crippen LogP contribution in [0.2, 0.25) is 5.15 Å². The SMILES string of the molecule is Cc1nn(-c2ccc(C#N)cc2)c(NC(=O)c2cc3ccccc3c(Cl)n2)c1C. The van der Waals surface area contributed by atoms with Gasteiger partial charge in [0.15, 0.2) is 0 Å². The van der Waals surface area contributed by atoms with Crippen LogP contribution in [0.15, 0.2) is 54.6 Å². The number of halogens is 1. The molecule has 4 aromatic rings. The van der Waals surface area contributed by atoms with E-state index in [1.807, 2.05) is 38.1 Å². The number of hydrogen-bond donors (Lipinski definition) is 1. The van der Waals surface area contributed by atoms with Crippen LogP contribution in [0.1, 0.15) is 27.3 Å². The Hall–Kier alpha value is -3.69. The molecule has 29 heavy (non-hydrogen) atoms. The average Bonchev–Trinajstić information content (AvgIpc) is 3.02. The Labute approximate surface area is 172 Å². The van der Waals surface area contributed by atoms with E-state index in [4.69, 9.17) is 16.9 Å². The summed E-state index contributed by atoms with van der Waals surface area (Å²) in [4.78, 5) is 17.2. The van der Waals surface area contributed by atoms with Gasteiger partial charge >= 0.3 is 0 Å². The van der Waals surface area contributed by atoms with Crippen LogP contribution in [0.5, 0.6) is 0 Å². The molecule has 0 aliphatic carbocycles. The van der Waals surface area contributed by atoms with E-state index >= 15 is 0 Å². The Morgan fingerprint density at radius 3 is 2.59 bits per heavy atom. The maximum Gasteiger partial charge on any atom is 0.275 e. The largest absolute Gasteiger partial charge is 0.305 e. The molecule has 0 atom stereocenters. The first-order valence-corrected chi connectivity index (χ1v) is 9.29. The van der Waals surface area contributed by atoms with Crippen molar-refractivity contribution in [2.75, 3.05) is 5.32 Å². The van der Waals surface area contributed by atoms with Crippen LogP contribution in [0, 0.1) is 25.2 Å². The zero-order valence-electron chi connectivity index (χ0n) is 15.8. The number of pyridine rings is 1. The first-order chi connectivity index (χ1) is 14.0. The van der Waals surface area contributed by atoms with Gasteiger partial charge in [-0.25, -0.2) is 9.67 Å². The van der Waals surface area contributed by atoms with E-state index in [2.05, 4.69) is 21.5 Å². The monoisotopic (exact) mass is 401 g/mol. The molecule has 0 bridgehead atoms. The second kappa shape index (κ2) is 7.38. The summed E-state index contributed by atoms with van der Waals surface area (Å²) in [5.74, 6) is 0.166. The Morgan fingerprint density at radius 1 is 1.14 bits per heavy atom. The number of amides is 1. The van der Waals surface area contributed by atoms with E-state index in [0.717, 1.165) is 27.7 Å². The first-order valence-electron chi connectivity index (χ1n) is 8.91. The van der Waals surface area contributed by atoms with Crippen LogP contribution < -0.4 is 5.32 Å². The van der Waals surface area contributed by atoms with Crippen molar-refractivity contribution in [2.45, 2.75) is 13.8 Å². The Balaban J connectivity index is 1.72. The molecule has 0 spiro atoms. The molecule has 0 saturated heterocycles. The number of hydrogen-bond acceptors (Lipinski definition) is 4. The molecular formula is C22H16ClN5O. The number of anilines is 1. The molecule has 0 radical (unpaired) electrons. The van der Waals surface area contributed by atoms with Gasteiger partial charge in [-0.05, 0) is 49.6 Å². The summed E-state index contributed by atoms with van der Waals surface area (Å²) in [6.07, 6.45) is 0. The highest BCUT2D eigenvalue weighted by molar-refractivity contribution is 6.34. The molecule has 1 amide bonds. The minimum atomic E-state index is -0.379. The van der Waals surface area contributed by atoms with Crippen LogP contribution in [-0.2, 0) is 0 Å². The fraction of sp³-hybridized carbons (Fsp3) is 0.0909. The van der Waals surface area contributed by atoms with Gasteiger partial charge in [-0.15, -0.1) is 0 Å². The highest BCUT2D eigenvalue weighted by atomic mass is 35.5. The van der Waals surface area contributed by atoms with E-state index in [-0.39, 0.29) is 16.8 Å². The summed E-state index contributed by atoms with van der Waals surface area (Å²) in [5, 5.41) is 18.3. The molecule has 0 aliphatic rings. The number of nitrogens with zero attached hydrogens (tertiary/aromatic N) is 4. The lowest BCUT2D eigenvalue weighted by molar-refractivity contribution is 0.102. The first kappa shape index (κ1) is 18.7. The summed E-state index contributed by atoms with van der Waals surface area (Å²) in [6.45, 7) is 3.76. The zero-order valence-corrected chi connectivity index (χ0v) is 16.5. The van der Waals surface area contributed by atoms with E-state index in [9.17, 15) is 4.79 Å². The molecule has 1 N–H and O–H groups in total. The quantitative estimate of drug-likeness (QED) is 0.499. The van der Waals surface area contributed by atoms with Gasteiger partial charge in [0.2, 0.25) is 0 Å². The number of benzene rings is 2. The fourth-order valence-electron chi connectivity index (χ4n) is 3.06. The molecule has 142 valence electrons. The number of rotatable bonds is 3. The second-order valence-electron chi connectivity index (χ2n) is 6.60. The minimum absolute atomic E-state index is 0.221. The van der Waals surface area contributed by atoms with Crippen molar-refractivity contribution in [3.05, 3.63) is 82.3 Å². The smallest absolute Gasteiger partial charge is 0.275 e. The number of aromatic nitrogens is 3. The summed E-state index contributed by atoms with van der Waals surface area (Å²) in [7, 11) is 0. The molecular weight excluding hydrogens is 386 g/mol. The topological polar surface area (TPSA) is 83.6 Å². The predicted molar refractivity (Wildman–Crippen MR) is 112 cm³/mol. The number of aryl methyl sites for hydroxylation is 1. The van der Waals surface area contributed by atoms with Crippen molar-refractivity contribution in [1.29, 1.82) is 5.26 Å². The average molecular weight is 402 g/mol. The van der Waals surface area contributed by atoms with Gasteiger partial charge in [-0.3, -0.25) is 4.79 Å². The van der Waals surface area contributed by atoms with Gasteiger partial charge in [0, 0.05) is 10.9 Å². The maximum atomic E-state index is 12.9. The van der Waals surface area contributed by atoms with E-state index in [1.54, 1.807) is 35.0 Å². The fourth-order valence-corrected chi connectivity index (χ4v) is 3.32. The van der Waals surface area contributed by atoms with Gasteiger partial charge in [-0.1, -0.05) is 35.9 Å². The van der Waals surface area contributed by atoms with Crippen LogP contribution in [0.3, 0.4) is 0 Å². The summed E-state index contributed by atoms with van der Waals surface area (Å²) in [6, 6.07) is 18.3. The number of carbonyl (C=O) groups excluding carboxylic acids is 1. The molecule has 2 heterocycles. The molecule has 7 heteroatoms. The zero-order chi connectivity index (χ0) is 20.5. The Kier molecular flexibility index (Phi) is 4.75. The van der Waals surface area contributed by atoms with Crippen molar-refractivity contribution in [3.63, 3.8) is 0 Å². The van der Waals surface area contributed by atoms with Crippen molar-refractivity contribution < 1.29 is 4.79 Å². The van der Waals surface area contributed by atoms with Crippen LogP contribution in [0.25, 0.3) is 16.5 Å². The molecule has 2 aromatic heterocycles. The number of nitriles is 1. The van der Waals surface area contributed by atoms with Gasteiger partial charge < -0.3 is 5.32 Å². The lowest BCUT2D eigenvalue weighted by Gasteiger charge is -2.11. The van der Waals surface area contributed by atoms with Crippen LogP contribution in [0.4, 0.5) is 5.82 Å². The second-order valence-corrected chi connectivity index (χ2v) is 6.96. The van der Waals surface area contributed by atoms with Gasteiger partial charge in [0.05, 0.1) is 23.0 Å². The molecule has 6 nitrogen and oxygen atoms in total. The standard InChI is InChI=1S/C22H16ClN5O/c1-13-14(2)27-28(17-9-7-15(12-24)8-10-17)21(13)26-22(29)19-11-16-5-3-4-6-18(16)20(23)25-19/h3-11H,1-2H3,(H,26,29). The molecule has 0 aliphatic heterocycles. The number of nitrogens with one attached hydrogen (secondary N) is 1.